The van der Waals surface area contributed by atoms with Gasteiger partial charge in [-0.2, -0.15) is 5.10 Å². The normalized spacial score (nSPS) is 10.7. The molecule has 170 valence electrons. The zero-order chi connectivity index (χ0) is 23.8. The largest absolute Gasteiger partial charge is 0.497 e. The van der Waals surface area contributed by atoms with E-state index in [9.17, 15) is 9.59 Å². The molecule has 0 saturated carbocycles. The lowest BCUT2D eigenvalue weighted by Crippen LogP contribution is -2.21. The molecular formula is C25H24ClN3O4. The van der Waals surface area contributed by atoms with Gasteiger partial charge in [0, 0.05) is 11.3 Å². The van der Waals surface area contributed by atoms with Gasteiger partial charge in [0.1, 0.15) is 11.5 Å². The number of hydrogen-bond acceptors (Lipinski definition) is 5. The van der Waals surface area contributed by atoms with Crippen LogP contribution in [0.2, 0.25) is 5.02 Å². The van der Waals surface area contributed by atoms with Crippen LogP contribution in [-0.4, -0.2) is 31.7 Å². The van der Waals surface area contributed by atoms with Crippen LogP contribution in [0.4, 0.5) is 5.69 Å². The number of carbonyl (C=O) groups excluding carboxylic acids is 2. The first-order chi connectivity index (χ1) is 15.9. The predicted molar refractivity (Wildman–Crippen MR) is 130 cm³/mol. The number of nitrogens with one attached hydrogen (secondary N) is 2. The number of ether oxygens (including phenoxy) is 2. The molecule has 3 aromatic rings. The highest BCUT2D eigenvalue weighted by Gasteiger charge is 2.09. The van der Waals surface area contributed by atoms with Crippen molar-refractivity contribution in [1.29, 1.82) is 0 Å². The van der Waals surface area contributed by atoms with E-state index in [1.54, 1.807) is 42.5 Å². The monoisotopic (exact) mass is 465 g/mol. The Morgan fingerprint density at radius 3 is 2.61 bits per heavy atom. The smallest absolute Gasteiger partial charge is 0.271 e. The van der Waals surface area contributed by atoms with Crippen molar-refractivity contribution in [3.63, 3.8) is 0 Å². The van der Waals surface area contributed by atoms with E-state index in [1.165, 1.54) is 13.3 Å². The van der Waals surface area contributed by atoms with Crippen molar-refractivity contribution in [2.75, 3.05) is 19.0 Å². The highest BCUT2D eigenvalue weighted by molar-refractivity contribution is 6.32. The van der Waals surface area contributed by atoms with Crippen LogP contribution in [0.3, 0.4) is 0 Å². The number of methoxy groups -OCH3 is 1. The number of nitrogens with zero attached hydrogens (tertiary/aromatic N) is 1. The summed E-state index contributed by atoms with van der Waals surface area (Å²) in [5.41, 5.74) is 6.37. The fourth-order valence-electron chi connectivity index (χ4n) is 2.92. The highest BCUT2D eigenvalue weighted by Crippen LogP contribution is 2.25. The summed E-state index contributed by atoms with van der Waals surface area (Å²) in [6.45, 7) is 3.75. The Labute approximate surface area is 197 Å². The molecule has 0 saturated heterocycles. The molecule has 3 rings (SSSR count). The number of hydrogen-bond donors (Lipinski definition) is 2. The highest BCUT2D eigenvalue weighted by atomic mass is 35.5. The SMILES string of the molecule is COc1cccc(C(=O)N/N=C/c2ccc(OCC(=O)Nc3cccc(C)c3C)c(Cl)c2)c1. The molecule has 3 aromatic carbocycles. The number of rotatable bonds is 8. The topological polar surface area (TPSA) is 89.0 Å². The van der Waals surface area contributed by atoms with Gasteiger partial charge in [0.2, 0.25) is 0 Å². The summed E-state index contributed by atoms with van der Waals surface area (Å²) in [4.78, 5) is 24.4. The number of anilines is 1. The molecule has 0 radical (unpaired) electrons. The second kappa shape index (κ2) is 11.2. The molecule has 2 amide bonds. The van der Waals surface area contributed by atoms with Gasteiger partial charge in [-0.15, -0.1) is 0 Å². The molecule has 0 aromatic heterocycles. The Bertz CT molecular complexity index is 1190. The van der Waals surface area contributed by atoms with Gasteiger partial charge in [-0.3, -0.25) is 9.59 Å². The number of benzene rings is 3. The number of carbonyl (C=O) groups is 2. The van der Waals surface area contributed by atoms with Crippen LogP contribution >= 0.6 is 11.6 Å². The van der Waals surface area contributed by atoms with E-state index in [4.69, 9.17) is 21.1 Å². The Morgan fingerprint density at radius 2 is 1.85 bits per heavy atom. The maximum atomic E-state index is 12.2. The number of amides is 2. The summed E-state index contributed by atoms with van der Waals surface area (Å²) >= 11 is 6.27. The van der Waals surface area contributed by atoms with Gasteiger partial charge in [0.15, 0.2) is 6.61 Å². The van der Waals surface area contributed by atoms with E-state index >= 15 is 0 Å². The predicted octanol–water partition coefficient (Wildman–Crippen LogP) is 4.75. The minimum Gasteiger partial charge on any atom is -0.497 e. The van der Waals surface area contributed by atoms with Crippen molar-refractivity contribution in [3.8, 4) is 11.5 Å². The van der Waals surface area contributed by atoms with Crippen LogP contribution in [0.15, 0.2) is 65.8 Å². The van der Waals surface area contributed by atoms with Gasteiger partial charge in [0.05, 0.1) is 18.3 Å². The van der Waals surface area contributed by atoms with E-state index in [2.05, 4.69) is 15.8 Å². The first kappa shape index (κ1) is 23.8. The molecule has 0 atom stereocenters. The number of halogens is 1. The first-order valence-electron chi connectivity index (χ1n) is 10.1. The van der Waals surface area contributed by atoms with E-state index < -0.39 is 0 Å². The maximum absolute atomic E-state index is 12.2. The molecule has 0 spiro atoms. The van der Waals surface area contributed by atoms with Crippen LogP contribution in [0.1, 0.15) is 27.0 Å². The van der Waals surface area contributed by atoms with E-state index in [1.807, 2.05) is 32.0 Å². The van der Waals surface area contributed by atoms with Crippen LogP contribution < -0.4 is 20.2 Å². The third kappa shape index (κ3) is 6.57. The fraction of sp³-hybridized carbons (Fsp3) is 0.160. The minimum absolute atomic E-state index is 0.183. The van der Waals surface area contributed by atoms with Gasteiger partial charge < -0.3 is 14.8 Å². The van der Waals surface area contributed by atoms with Crippen molar-refractivity contribution < 1.29 is 19.1 Å². The number of aryl methyl sites for hydroxylation is 1. The summed E-state index contributed by atoms with van der Waals surface area (Å²) in [6, 6.07) is 17.4. The van der Waals surface area contributed by atoms with Gasteiger partial charge in [-0.25, -0.2) is 5.43 Å². The van der Waals surface area contributed by atoms with Crippen molar-refractivity contribution in [1.82, 2.24) is 5.43 Å². The summed E-state index contributed by atoms with van der Waals surface area (Å²) in [5.74, 6) is 0.291. The van der Waals surface area contributed by atoms with Crippen LogP contribution in [0.5, 0.6) is 11.5 Å². The second-order valence-corrected chi connectivity index (χ2v) is 7.61. The second-order valence-electron chi connectivity index (χ2n) is 7.21. The average molecular weight is 466 g/mol. The zero-order valence-corrected chi connectivity index (χ0v) is 19.3. The molecule has 0 bridgehead atoms. The molecule has 0 aliphatic heterocycles. The van der Waals surface area contributed by atoms with Crippen molar-refractivity contribution in [2.24, 2.45) is 5.10 Å². The minimum atomic E-state index is -0.369. The van der Waals surface area contributed by atoms with Crippen LogP contribution in [0, 0.1) is 13.8 Å². The molecular weight excluding hydrogens is 442 g/mol. The van der Waals surface area contributed by atoms with Crippen molar-refractivity contribution >= 4 is 35.3 Å². The van der Waals surface area contributed by atoms with E-state index in [0.29, 0.717) is 27.6 Å². The fourth-order valence-corrected chi connectivity index (χ4v) is 3.17. The molecule has 0 unspecified atom stereocenters. The zero-order valence-electron chi connectivity index (χ0n) is 18.5. The molecule has 0 fully saturated rings. The van der Waals surface area contributed by atoms with Gasteiger partial charge in [-0.05, 0) is 73.0 Å². The molecule has 2 N–H and O–H groups in total. The molecule has 7 nitrogen and oxygen atoms in total. The third-order valence-electron chi connectivity index (χ3n) is 4.91. The summed E-state index contributed by atoms with van der Waals surface area (Å²) < 4.78 is 10.7. The summed E-state index contributed by atoms with van der Waals surface area (Å²) in [7, 11) is 1.53. The van der Waals surface area contributed by atoms with Crippen molar-refractivity contribution in [2.45, 2.75) is 13.8 Å². The molecule has 0 aliphatic rings. The lowest BCUT2D eigenvalue weighted by molar-refractivity contribution is -0.118. The Hall–Kier alpha value is -3.84. The van der Waals surface area contributed by atoms with Crippen molar-refractivity contribution in [3.05, 3.63) is 87.9 Å². The lowest BCUT2D eigenvalue weighted by atomic mass is 10.1. The van der Waals surface area contributed by atoms with Crippen LogP contribution in [0.25, 0.3) is 0 Å². The third-order valence-corrected chi connectivity index (χ3v) is 5.20. The maximum Gasteiger partial charge on any atom is 0.271 e. The van der Waals surface area contributed by atoms with Gasteiger partial charge in [0.25, 0.3) is 11.8 Å². The molecule has 0 aliphatic carbocycles. The first-order valence-corrected chi connectivity index (χ1v) is 10.5. The van der Waals surface area contributed by atoms with Gasteiger partial charge in [-0.1, -0.05) is 29.8 Å². The van der Waals surface area contributed by atoms with Crippen LogP contribution in [-0.2, 0) is 4.79 Å². The Balaban J connectivity index is 1.54. The Kier molecular flexibility index (Phi) is 8.05. The molecule has 0 heterocycles. The number of hydrazone groups is 1. The molecule has 8 heteroatoms. The average Bonchev–Trinajstić information content (AvgIpc) is 2.81. The summed E-state index contributed by atoms with van der Waals surface area (Å²) in [6.07, 6.45) is 1.46. The van der Waals surface area contributed by atoms with Gasteiger partial charge >= 0.3 is 0 Å². The summed E-state index contributed by atoms with van der Waals surface area (Å²) in [5, 5.41) is 7.10. The molecule has 33 heavy (non-hydrogen) atoms. The van der Waals surface area contributed by atoms with E-state index in [-0.39, 0.29) is 18.4 Å². The quantitative estimate of drug-likeness (QED) is 0.371. The Morgan fingerprint density at radius 1 is 1.06 bits per heavy atom. The standard InChI is InChI=1S/C25H24ClN3O4/c1-16-6-4-9-22(17(16)2)28-24(30)15-33-23-11-10-18(12-21(23)26)14-27-29-25(31)19-7-5-8-20(13-19)32-3/h4-14H,15H2,1-3H3,(H,28,30)(H,29,31)/b27-14+. The lowest BCUT2D eigenvalue weighted by Gasteiger charge is -2.12. The van der Waals surface area contributed by atoms with E-state index in [0.717, 1.165) is 16.8 Å².